The predicted molar refractivity (Wildman–Crippen MR) is 290 cm³/mol. The van der Waals surface area contributed by atoms with Gasteiger partial charge in [-0.25, -0.2) is 0 Å². The summed E-state index contributed by atoms with van der Waals surface area (Å²) >= 11 is 0. The van der Waals surface area contributed by atoms with Gasteiger partial charge in [-0.15, -0.1) is 0 Å². The second-order valence-corrected chi connectivity index (χ2v) is 19.1. The Labute approximate surface area is 405 Å². The molecule has 0 heterocycles. The van der Waals surface area contributed by atoms with Gasteiger partial charge in [-0.2, -0.15) is 0 Å². The van der Waals surface area contributed by atoms with Crippen LogP contribution in [0.15, 0.2) is 261 Å². The van der Waals surface area contributed by atoms with Crippen molar-refractivity contribution in [1.29, 1.82) is 0 Å². The van der Waals surface area contributed by atoms with Crippen LogP contribution >= 0.6 is 0 Å². The van der Waals surface area contributed by atoms with Crippen LogP contribution in [0.1, 0.15) is 47.2 Å². The number of benzene rings is 11. The molecule has 326 valence electrons. The molecule has 0 saturated carbocycles. The van der Waals surface area contributed by atoms with Crippen LogP contribution in [-0.4, -0.2) is 0 Å². The molecule has 0 N–H and O–H groups in total. The molecule has 0 fully saturated rings. The molecule has 0 aromatic heterocycles. The van der Waals surface area contributed by atoms with E-state index in [0.717, 1.165) is 17.1 Å². The topological polar surface area (TPSA) is 3.24 Å². The number of nitrogens with zero attached hydrogens (tertiary/aromatic N) is 1. The monoisotopic (exact) mass is 879 g/mol. The molecule has 0 spiro atoms. The second-order valence-electron chi connectivity index (χ2n) is 19.1. The molecule has 0 atom stereocenters. The lowest BCUT2D eigenvalue weighted by Gasteiger charge is -2.35. The van der Waals surface area contributed by atoms with Crippen LogP contribution in [0.3, 0.4) is 0 Å². The summed E-state index contributed by atoms with van der Waals surface area (Å²) < 4.78 is 0. The Morgan fingerprint density at radius 2 is 0.725 bits per heavy atom. The molecule has 0 bridgehead atoms. The van der Waals surface area contributed by atoms with E-state index in [4.69, 9.17) is 0 Å². The van der Waals surface area contributed by atoms with E-state index in [-0.39, 0.29) is 5.41 Å². The summed E-state index contributed by atoms with van der Waals surface area (Å²) in [5.74, 6) is 0. The molecule has 1 heteroatoms. The van der Waals surface area contributed by atoms with Crippen molar-refractivity contribution in [2.75, 3.05) is 4.90 Å². The molecule has 0 radical (unpaired) electrons. The lowest BCUT2D eigenvalue weighted by Crippen LogP contribution is -2.28. The Kier molecular flexibility index (Phi) is 9.49. The maximum absolute atomic E-state index is 2.44. The van der Waals surface area contributed by atoms with E-state index in [0.29, 0.717) is 0 Å². The summed E-state index contributed by atoms with van der Waals surface area (Å²) in [6, 6.07) is 96.8. The first-order chi connectivity index (χ1) is 34.0. The smallest absolute Gasteiger partial charge is 0.0719 e. The minimum Gasteiger partial charge on any atom is -0.310 e. The van der Waals surface area contributed by atoms with E-state index in [1.54, 1.807) is 0 Å². The minimum absolute atomic E-state index is 0.135. The van der Waals surface area contributed by atoms with Crippen LogP contribution in [0.5, 0.6) is 0 Å². The number of fused-ring (bicyclic) bond motifs is 8. The average Bonchev–Trinajstić information content (AvgIpc) is 3.86. The molecular formula is C68H49N. The summed E-state index contributed by atoms with van der Waals surface area (Å²) in [5, 5.41) is 2.51. The van der Waals surface area contributed by atoms with Crippen molar-refractivity contribution >= 4 is 27.8 Å². The van der Waals surface area contributed by atoms with Crippen molar-refractivity contribution in [3.63, 3.8) is 0 Å². The zero-order valence-electron chi connectivity index (χ0n) is 38.8. The van der Waals surface area contributed by atoms with Crippen molar-refractivity contribution in [3.8, 4) is 55.6 Å². The molecule has 1 nitrogen and oxygen atoms in total. The number of anilines is 3. The molecule has 11 aromatic rings. The Morgan fingerprint density at radius 3 is 1.35 bits per heavy atom. The quantitative estimate of drug-likeness (QED) is 0.147. The van der Waals surface area contributed by atoms with E-state index >= 15 is 0 Å². The van der Waals surface area contributed by atoms with Crippen molar-refractivity contribution < 1.29 is 0 Å². The number of rotatable bonds is 8. The Hall–Kier alpha value is -8.52. The lowest BCUT2D eigenvalue weighted by atomic mass is 9.66. The van der Waals surface area contributed by atoms with Crippen molar-refractivity contribution in [3.05, 3.63) is 294 Å². The highest BCUT2D eigenvalue weighted by Crippen LogP contribution is 2.62. The minimum atomic E-state index is -0.568. The van der Waals surface area contributed by atoms with E-state index in [1.165, 1.54) is 99.8 Å². The van der Waals surface area contributed by atoms with Gasteiger partial charge in [0.2, 0.25) is 0 Å². The van der Waals surface area contributed by atoms with Gasteiger partial charge in [0.15, 0.2) is 0 Å². The molecule has 11 aromatic carbocycles. The first-order valence-corrected chi connectivity index (χ1v) is 24.2. The summed E-state index contributed by atoms with van der Waals surface area (Å²) in [4.78, 5) is 2.44. The third-order valence-electron chi connectivity index (χ3n) is 15.1. The maximum Gasteiger partial charge on any atom is 0.0719 e. The highest BCUT2D eigenvalue weighted by molar-refractivity contribution is 6.15. The van der Waals surface area contributed by atoms with E-state index in [2.05, 4.69) is 280 Å². The van der Waals surface area contributed by atoms with Crippen LogP contribution in [0.2, 0.25) is 0 Å². The van der Waals surface area contributed by atoms with Crippen molar-refractivity contribution in [2.24, 2.45) is 0 Å². The fraction of sp³-hybridized carbons (Fsp3) is 0.0588. The highest BCUT2D eigenvalue weighted by Gasteiger charge is 2.49. The van der Waals surface area contributed by atoms with Crippen LogP contribution in [0.25, 0.3) is 66.4 Å². The Bertz CT molecular complexity index is 3660. The fourth-order valence-corrected chi connectivity index (χ4v) is 12.1. The SMILES string of the molecule is CC1(C)c2ccccc2-c2ccc(N(c3ccc(-c4ccccc4)cc3)c3ccc(-c4c5c(c6ccccc6c4-c4ccccc4)C(c4ccccc4)(c4ccccc4)c4ccccc4-5)cc3)cc21. The van der Waals surface area contributed by atoms with E-state index in [1.807, 2.05) is 0 Å². The summed E-state index contributed by atoms with van der Waals surface area (Å²) in [5.41, 5.74) is 23.0. The van der Waals surface area contributed by atoms with Gasteiger partial charge in [-0.05, 0) is 136 Å². The first kappa shape index (κ1) is 40.7. The normalized spacial score (nSPS) is 13.6. The van der Waals surface area contributed by atoms with E-state index < -0.39 is 5.41 Å². The van der Waals surface area contributed by atoms with Crippen molar-refractivity contribution in [1.82, 2.24) is 0 Å². The molecular weight excluding hydrogens is 831 g/mol. The molecule has 0 aliphatic heterocycles. The van der Waals surface area contributed by atoms with Gasteiger partial charge >= 0.3 is 0 Å². The summed E-state index contributed by atoms with van der Waals surface area (Å²) in [7, 11) is 0. The summed E-state index contributed by atoms with van der Waals surface area (Å²) in [6.45, 7) is 4.73. The first-order valence-electron chi connectivity index (χ1n) is 24.2. The van der Waals surface area contributed by atoms with Crippen LogP contribution in [0.4, 0.5) is 17.1 Å². The van der Waals surface area contributed by atoms with Gasteiger partial charge in [0.1, 0.15) is 0 Å². The van der Waals surface area contributed by atoms with Crippen LogP contribution in [0, 0.1) is 0 Å². The highest BCUT2D eigenvalue weighted by atomic mass is 15.1. The molecule has 0 unspecified atom stereocenters. The van der Waals surface area contributed by atoms with Gasteiger partial charge in [0.05, 0.1) is 5.41 Å². The van der Waals surface area contributed by atoms with Crippen LogP contribution < -0.4 is 4.90 Å². The molecule has 13 rings (SSSR count). The molecule has 0 saturated heterocycles. The predicted octanol–water partition coefficient (Wildman–Crippen LogP) is 18.0. The number of hydrogen-bond donors (Lipinski definition) is 0. The standard InChI is InChI=1S/C68H49N/c1-67(2)60-33-19-17-29-55(60)56-44-43-54(45-62(56)67)69(52-39-35-47(36-40-52)46-21-7-3-8-22-46)53-41-37-49(38-42-53)64-63(48-23-9-4-10-24-48)57-30-15-16-31-58(57)66-65(64)59-32-18-20-34-61(59)68(66,50-25-11-5-12-26-50)51-27-13-6-14-28-51/h3-45H,1-2H3. The Balaban J connectivity index is 1.06. The summed E-state index contributed by atoms with van der Waals surface area (Å²) in [6.07, 6.45) is 0. The molecule has 2 aliphatic rings. The Morgan fingerprint density at radius 1 is 0.290 bits per heavy atom. The number of hydrogen-bond acceptors (Lipinski definition) is 1. The third kappa shape index (κ3) is 6.24. The van der Waals surface area contributed by atoms with Gasteiger partial charge < -0.3 is 4.90 Å². The third-order valence-corrected chi connectivity index (χ3v) is 15.1. The van der Waals surface area contributed by atoms with Gasteiger partial charge in [0.25, 0.3) is 0 Å². The average molecular weight is 880 g/mol. The molecule has 2 aliphatic carbocycles. The zero-order chi connectivity index (χ0) is 46.1. The van der Waals surface area contributed by atoms with Crippen LogP contribution in [-0.2, 0) is 10.8 Å². The lowest BCUT2D eigenvalue weighted by molar-refractivity contribution is 0.660. The van der Waals surface area contributed by atoms with E-state index in [9.17, 15) is 0 Å². The zero-order valence-corrected chi connectivity index (χ0v) is 38.8. The van der Waals surface area contributed by atoms with Gasteiger partial charge in [-0.1, -0.05) is 238 Å². The second kappa shape index (κ2) is 16.1. The largest absolute Gasteiger partial charge is 0.310 e. The molecule has 69 heavy (non-hydrogen) atoms. The molecule has 0 amide bonds. The van der Waals surface area contributed by atoms with Gasteiger partial charge in [0, 0.05) is 22.5 Å². The maximum atomic E-state index is 2.44. The van der Waals surface area contributed by atoms with Crippen molar-refractivity contribution in [2.45, 2.75) is 24.7 Å². The van der Waals surface area contributed by atoms with Gasteiger partial charge in [-0.3, -0.25) is 0 Å². The fourth-order valence-electron chi connectivity index (χ4n) is 12.1.